The molecule has 0 saturated carbocycles. The molecule has 3 heteroatoms. The summed E-state index contributed by atoms with van der Waals surface area (Å²) in [6.07, 6.45) is 8.94. The minimum atomic E-state index is -0.687. The first-order valence-corrected chi connectivity index (χ1v) is 5.60. The summed E-state index contributed by atoms with van der Waals surface area (Å²) in [6, 6.07) is 0. The Kier molecular flexibility index (Phi) is 10.1. The zero-order chi connectivity index (χ0) is 10.6. The van der Waals surface area contributed by atoms with Crippen molar-refractivity contribution in [2.75, 3.05) is 6.61 Å². The maximum atomic E-state index is 10.2. The van der Waals surface area contributed by atoms with Gasteiger partial charge in [-0.3, -0.25) is 4.79 Å². The van der Waals surface area contributed by atoms with Gasteiger partial charge in [0.05, 0.1) is 0 Å². The van der Waals surface area contributed by atoms with E-state index in [0.717, 1.165) is 32.1 Å². The molecule has 3 nitrogen and oxygen atoms in total. The van der Waals surface area contributed by atoms with Crippen LogP contribution in [0, 0.1) is 0 Å². The van der Waals surface area contributed by atoms with E-state index >= 15 is 0 Å². The summed E-state index contributed by atoms with van der Waals surface area (Å²) in [5.41, 5.74) is 0. The van der Waals surface area contributed by atoms with Gasteiger partial charge in [0, 0.05) is 13.0 Å². The standard InChI is InChI=1S/C11H22O3/c12-10-8-6-4-2-1-3-5-7-9-11(13)14/h12H,1-10H2,(H,13,14). The average molecular weight is 202 g/mol. The summed E-state index contributed by atoms with van der Waals surface area (Å²) in [6.45, 7) is 0.304. The molecule has 0 amide bonds. The van der Waals surface area contributed by atoms with E-state index in [2.05, 4.69) is 0 Å². The fourth-order valence-corrected chi connectivity index (χ4v) is 1.45. The number of unbranched alkanes of at least 4 members (excludes halogenated alkanes) is 7. The van der Waals surface area contributed by atoms with Crippen molar-refractivity contribution in [3.63, 3.8) is 0 Å². The van der Waals surface area contributed by atoms with Gasteiger partial charge in [0.2, 0.25) is 0 Å². The lowest BCUT2D eigenvalue weighted by Gasteiger charge is -2.00. The van der Waals surface area contributed by atoms with Crippen LogP contribution in [0.4, 0.5) is 0 Å². The van der Waals surface area contributed by atoms with Crippen LogP contribution in [-0.4, -0.2) is 22.8 Å². The lowest BCUT2D eigenvalue weighted by Crippen LogP contribution is -1.93. The molecule has 0 bridgehead atoms. The second-order valence-electron chi connectivity index (χ2n) is 3.70. The fraction of sp³-hybridized carbons (Fsp3) is 0.909. The van der Waals surface area contributed by atoms with Gasteiger partial charge in [-0.1, -0.05) is 38.5 Å². The molecular weight excluding hydrogens is 180 g/mol. The third kappa shape index (κ3) is 11.4. The van der Waals surface area contributed by atoms with E-state index in [9.17, 15) is 4.79 Å². The summed E-state index contributed by atoms with van der Waals surface area (Å²) in [5, 5.41) is 16.9. The largest absolute Gasteiger partial charge is 0.481 e. The first kappa shape index (κ1) is 13.4. The van der Waals surface area contributed by atoms with Gasteiger partial charge in [-0.15, -0.1) is 0 Å². The molecular formula is C11H22O3. The average Bonchev–Trinajstić information content (AvgIpc) is 2.15. The number of hydrogen-bond acceptors (Lipinski definition) is 2. The van der Waals surface area contributed by atoms with Crippen molar-refractivity contribution >= 4 is 5.97 Å². The van der Waals surface area contributed by atoms with Crippen LogP contribution in [0.2, 0.25) is 0 Å². The molecule has 0 atom stereocenters. The van der Waals surface area contributed by atoms with Crippen LogP contribution in [0.5, 0.6) is 0 Å². The molecule has 0 rings (SSSR count). The summed E-state index contributed by atoms with van der Waals surface area (Å²) in [5.74, 6) is -0.687. The molecule has 0 aliphatic rings. The molecule has 2 N–H and O–H groups in total. The van der Waals surface area contributed by atoms with Crippen molar-refractivity contribution in [1.29, 1.82) is 0 Å². The summed E-state index contributed by atoms with van der Waals surface area (Å²) in [7, 11) is 0. The zero-order valence-corrected chi connectivity index (χ0v) is 8.87. The molecule has 0 unspecified atom stereocenters. The number of aliphatic hydroxyl groups is 1. The van der Waals surface area contributed by atoms with Crippen LogP contribution in [0.15, 0.2) is 0 Å². The van der Waals surface area contributed by atoms with Crippen LogP contribution in [0.25, 0.3) is 0 Å². The molecule has 0 aliphatic heterocycles. The minimum absolute atomic E-state index is 0.304. The van der Waals surface area contributed by atoms with E-state index in [0.29, 0.717) is 13.0 Å². The maximum Gasteiger partial charge on any atom is 0.303 e. The van der Waals surface area contributed by atoms with Crippen molar-refractivity contribution in [3.8, 4) is 0 Å². The number of aliphatic hydroxyl groups excluding tert-OH is 1. The van der Waals surface area contributed by atoms with Crippen LogP contribution >= 0.6 is 0 Å². The van der Waals surface area contributed by atoms with Gasteiger partial charge in [0.15, 0.2) is 0 Å². The van der Waals surface area contributed by atoms with E-state index in [1.54, 1.807) is 0 Å². The molecule has 0 aliphatic carbocycles. The number of rotatable bonds is 10. The van der Waals surface area contributed by atoms with E-state index in [4.69, 9.17) is 10.2 Å². The Morgan fingerprint density at radius 2 is 1.21 bits per heavy atom. The van der Waals surface area contributed by atoms with E-state index in [1.165, 1.54) is 19.3 Å². The summed E-state index contributed by atoms with van der Waals surface area (Å²) in [4.78, 5) is 10.2. The monoisotopic (exact) mass is 202 g/mol. The van der Waals surface area contributed by atoms with Crippen molar-refractivity contribution < 1.29 is 15.0 Å². The Morgan fingerprint density at radius 3 is 1.64 bits per heavy atom. The molecule has 84 valence electrons. The normalized spacial score (nSPS) is 10.4. The van der Waals surface area contributed by atoms with Crippen LogP contribution in [-0.2, 0) is 4.79 Å². The molecule has 0 saturated heterocycles. The predicted octanol–water partition coefficient (Wildman–Crippen LogP) is 2.57. The van der Waals surface area contributed by atoms with Crippen molar-refractivity contribution in [3.05, 3.63) is 0 Å². The second-order valence-corrected chi connectivity index (χ2v) is 3.70. The molecule has 0 radical (unpaired) electrons. The molecule has 14 heavy (non-hydrogen) atoms. The highest BCUT2D eigenvalue weighted by atomic mass is 16.4. The Morgan fingerprint density at radius 1 is 0.786 bits per heavy atom. The SMILES string of the molecule is O=C(O)CCCCCCCCCCO. The predicted molar refractivity (Wildman–Crippen MR) is 56.3 cm³/mol. The molecule has 0 aromatic rings. The number of carboxylic acids is 1. The number of hydrogen-bond donors (Lipinski definition) is 2. The quantitative estimate of drug-likeness (QED) is 0.535. The van der Waals surface area contributed by atoms with Gasteiger partial charge in [-0.05, 0) is 12.8 Å². The van der Waals surface area contributed by atoms with Gasteiger partial charge >= 0.3 is 5.97 Å². The van der Waals surface area contributed by atoms with Crippen LogP contribution < -0.4 is 0 Å². The van der Waals surface area contributed by atoms with Gasteiger partial charge < -0.3 is 10.2 Å². The van der Waals surface area contributed by atoms with E-state index in [1.807, 2.05) is 0 Å². The Balaban J connectivity index is 2.88. The second kappa shape index (κ2) is 10.5. The smallest absolute Gasteiger partial charge is 0.303 e. The van der Waals surface area contributed by atoms with Gasteiger partial charge in [-0.25, -0.2) is 0 Å². The van der Waals surface area contributed by atoms with E-state index in [-0.39, 0.29) is 0 Å². The number of carboxylic acid groups (broad SMARTS) is 1. The number of aliphatic carboxylic acids is 1. The Hall–Kier alpha value is -0.570. The topological polar surface area (TPSA) is 57.5 Å². The van der Waals surface area contributed by atoms with Gasteiger partial charge in [-0.2, -0.15) is 0 Å². The van der Waals surface area contributed by atoms with Crippen molar-refractivity contribution in [1.82, 2.24) is 0 Å². The fourth-order valence-electron chi connectivity index (χ4n) is 1.45. The number of carbonyl (C=O) groups is 1. The highest BCUT2D eigenvalue weighted by Crippen LogP contribution is 2.09. The zero-order valence-electron chi connectivity index (χ0n) is 8.87. The summed E-state index contributed by atoms with van der Waals surface area (Å²) >= 11 is 0. The van der Waals surface area contributed by atoms with Gasteiger partial charge in [0.1, 0.15) is 0 Å². The summed E-state index contributed by atoms with van der Waals surface area (Å²) < 4.78 is 0. The Labute approximate surface area is 86.1 Å². The van der Waals surface area contributed by atoms with Crippen LogP contribution in [0.1, 0.15) is 57.8 Å². The van der Waals surface area contributed by atoms with Crippen LogP contribution in [0.3, 0.4) is 0 Å². The first-order chi connectivity index (χ1) is 6.77. The molecule has 0 heterocycles. The third-order valence-electron chi connectivity index (χ3n) is 2.30. The lowest BCUT2D eigenvalue weighted by molar-refractivity contribution is -0.137. The Bertz CT molecular complexity index is 134. The van der Waals surface area contributed by atoms with E-state index < -0.39 is 5.97 Å². The highest BCUT2D eigenvalue weighted by molar-refractivity contribution is 5.66. The molecule has 0 spiro atoms. The maximum absolute atomic E-state index is 10.2. The molecule has 0 aromatic carbocycles. The molecule has 0 aromatic heterocycles. The lowest BCUT2D eigenvalue weighted by atomic mass is 10.1. The van der Waals surface area contributed by atoms with Gasteiger partial charge in [0.25, 0.3) is 0 Å². The van der Waals surface area contributed by atoms with Crippen molar-refractivity contribution in [2.24, 2.45) is 0 Å². The highest BCUT2D eigenvalue weighted by Gasteiger charge is 1.96. The first-order valence-electron chi connectivity index (χ1n) is 5.60. The van der Waals surface area contributed by atoms with Crippen molar-refractivity contribution in [2.45, 2.75) is 57.8 Å². The third-order valence-corrected chi connectivity index (χ3v) is 2.30. The minimum Gasteiger partial charge on any atom is -0.481 e. The molecule has 0 fully saturated rings.